The Bertz CT molecular complexity index is 601. The molecule has 2 heterocycles. The van der Waals surface area contributed by atoms with Crippen molar-refractivity contribution in [3.05, 3.63) is 10.4 Å². The lowest BCUT2D eigenvalue weighted by molar-refractivity contribution is -0.118. The number of aromatic nitrogens is 2. The highest BCUT2D eigenvalue weighted by Crippen LogP contribution is 2.22. The fraction of sp³-hybridized carbons (Fsp3) is 0.615. The molecular formula is C13H21N5O4. The number of nitrogens with zero attached hydrogens (tertiary/aromatic N) is 1. The first-order chi connectivity index (χ1) is 10.4. The zero-order valence-electron chi connectivity index (χ0n) is 12.5. The van der Waals surface area contributed by atoms with Crippen LogP contribution in [-0.2, 0) is 9.53 Å². The lowest BCUT2D eigenvalue weighted by Gasteiger charge is -2.16. The molecule has 1 saturated heterocycles. The summed E-state index contributed by atoms with van der Waals surface area (Å²) in [6.45, 7) is 3.39. The lowest BCUT2D eigenvalue weighted by Crippen LogP contribution is -2.27. The van der Waals surface area contributed by atoms with Gasteiger partial charge in [0.2, 0.25) is 11.9 Å². The van der Waals surface area contributed by atoms with Crippen molar-refractivity contribution in [1.82, 2.24) is 9.97 Å². The van der Waals surface area contributed by atoms with Gasteiger partial charge in [0, 0.05) is 5.92 Å². The summed E-state index contributed by atoms with van der Waals surface area (Å²) in [6, 6.07) is 0. The van der Waals surface area contributed by atoms with E-state index in [1.807, 2.05) is 0 Å². The second-order valence-corrected chi connectivity index (χ2v) is 5.47. The van der Waals surface area contributed by atoms with Gasteiger partial charge < -0.3 is 20.9 Å². The van der Waals surface area contributed by atoms with Gasteiger partial charge in [-0.25, -0.2) is 0 Å². The number of hydrogen-bond acceptors (Lipinski definition) is 7. The Morgan fingerprint density at radius 2 is 2.27 bits per heavy atom. The minimum atomic E-state index is -0.548. The van der Waals surface area contributed by atoms with Gasteiger partial charge in [-0.15, -0.1) is 0 Å². The standard InChI is InChI=1S/C13H21N5O4/c1-6(2)11(20)17-13-16-10(9(14)12(21)18-13)15-8-4-3-7(5-19)22-8/h6-8,19H,3-5,14H2,1-2H3,(H3,15,16,17,18,20,21). The molecule has 1 aromatic rings. The van der Waals surface area contributed by atoms with Gasteiger partial charge in [0.05, 0.1) is 12.7 Å². The molecule has 1 fully saturated rings. The van der Waals surface area contributed by atoms with E-state index in [2.05, 4.69) is 20.6 Å². The van der Waals surface area contributed by atoms with Crippen LogP contribution in [0.1, 0.15) is 26.7 Å². The molecule has 2 atom stereocenters. The molecule has 0 aromatic carbocycles. The highest BCUT2D eigenvalue weighted by Gasteiger charge is 2.25. The molecule has 0 bridgehead atoms. The first kappa shape index (κ1) is 16.2. The molecule has 0 radical (unpaired) electrons. The third-order valence-electron chi connectivity index (χ3n) is 3.33. The van der Waals surface area contributed by atoms with Crippen LogP contribution in [-0.4, -0.2) is 39.9 Å². The zero-order chi connectivity index (χ0) is 16.3. The summed E-state index contributed by atoms with van der Waals surface area (Å²) in [5, 5.41) is 14.5. The van der Waals surface area contributed by atoms with E-state index in [0.717, 1.165) is 0 Å². The highest BCUT2D eigenvalue weighted by molar-refractivity contribution is 5.90. The number of nitrogen functional groups attached to an aromatic ring is 1. The summed E-state index contributed by atoms with van der Waals surface area (Å²) in [6.07, 6.45) is 0.740. The summed E-state index contributed by atoms with van der Waals surface area (Å²) >= 11 is 0. The van der Waals surface area contributed by atoms with E-state index in [4.69, 9.17) is 15.6 Å². The number of anilines is 3. The van der Waals surface area contributed by atoms with Crippen LogP contribution in [0.4, 0.5) is 17.5 Å². The van der Waals surface area contributed by atoms with Gasteiger partial charge in [0.15, 0.2) is 5.82 Å². The average Bonchev–Trinajstić information content (AvgIpc) is 2.91. The number of nitrogens with one attached hydrogen (secondary N) is 3. The third-order valence-corrected chi connectivity index (χ3v) is 3.33. The highest BCUT2D eigenvalue weighted by atomic mass is 16.5. The number of aliphatic hydroxyl groups excluding tert-OH is 1. The van der Waals surface area contributed by atoms with Crippen molar-refractivity contribution in [1.29, 1.82) is 0 Å². The van der Waals surface area contributed by atoms with E-state index in [9.17, 15) is 9.59 Å². The fourth-order valence-electron chi connectivity index (χ4n) is 2.01. The van der Waals surface area contributed by atoms with Gasteiger partial charge in [-0.05, 0) is 12.8 Å². The third kappa shape index (κ3) is 3.74. The second-order valence-electron chi connectivity index (χ2n) is 5.47. The van der Waals surface area contributed by atoms with E-state index >= 15 is 0 Å². The smallest absolute Gasteiger partial charge is 0.277 e. The van der Waals surface area contributed by atoms with Crippen LogP contribution in [0.25, 0.3) is 0 Å². The Balaban J connectivity index is 2.15. The number of carbonyl (C=O) groups is 1. The maximum absolute atomic E-state index is 11.8. The summed E-state index contributed by atoms with van der Waals surface area (Å²) in [5.74, 6) is -0.345. The van der Waals surface area contributed by atoms with E-state index in [-0.39, 0.29) is 48.2 Å². The number of carbonyl (C=O) groups excluding carboxylic acids is 1. The normalized spacial score (nSPS) is 21.1. The van der Waals surface area contributed by atoms with Gasteiger partial charge >= 0.3 is 0 Å². The van der Waals surface area contributed by atoms with Gasteiger partial charge in [-0.1, -0.05) is 13.8 Å². The van der Waals surface area contributed by atoms with Crippen LogP contribution in [0.2, 0.25) is 0 Å². The maximum Gasteiger partial charge on any atom is 0.277 e. The molecule has 2 rings (SSSR count). The second kappa shape index (κ2) is 6.75. The van der Waals surface area contributed by atoms with Crippen molar-refractivity contribution in [2.24, 2.45) is 5.92 Å². The van der Waals surface area contributed by atoms with Crippen molar-refractivity contribution < 1.29 is 14.6 Å². The van der Waals surface area contributed by atoms with Crippen LogP contribution in [0, 0.1) is 5.92 Å². The lowest BCUT2D eigenvalue weighted by atomic mass is 10.2. The first-order valence-corrected chi connectivity index (χ1v) is 7.14. The predicted octanol–water partition coefficient (Wildman–Crippen LogP) is -0.144. The summed E-state index contributed by atoms with van der Waals surface area (Å²) in [5.41, 5.74) is 5.07. The Hall–Kier alpha value is -2.13. The molecule has 22 heavy (non-hydrogen) atoms. The molecule has 1 aliphatic rings. The molecule has 9 nitrogen and oxygen atoms in total. The number of rotatable bonds is 5. The Morgan fingerprint density at radius 3 is 2.86 bits per heavy atom. The molecule has 0 saturated carbocycles. The van der Waals surface area contributed by atoms with Crippen LogP contribution in [0.5, 0.6) is 0 Å². The molecule has 1 amide bonds. The van der Waals surface area contributed by atoms with Crippen molar-refractivity contribution in [3.63, 3.8) is 0 Å². The zero-order valence-corrected chi connectivity index (χ0v) is 12.5. The number of nitrogens with two attached hydrogens (primary N) is 1. The van der Waals surface area contributed by atoms with E-state index in [0.29, 0.717) is 12.8 Å². The monoisotopic (exact) mass is 311 g/mol. The fourth-order valence-corrected chi connectivity index (χ4v) is 2.01. The maximum atomic E-state index is 11.8. The molecule has 0 aliphatic carbocycles. The molecular weight excluding hydrogens is 290 g/mol. The molecule has 0 spiro atoms. The van der Waals surface area contributed by atoms with Crippen molar-refractivity contribution in [2.45, 2.75) is 39.0 Å². The Kier molecular flexibility index (Phi) is 4.99. The van der Waals surface area contributed by atoms with E-state index < -0.39 is 5.56 Å². The number of ether oxygens (including phenoxy) is 1. The van der Waals surface area contributed by atoms with Crippen LogP contribution in [0.3, 0.4) is 0 Å². The number of amides is 1. The largest absolute Gasteiger partial charge is 0.394 e. The quantitative estimate of drug-likeness (QED) is 0.509. The Labute approximate surface area is 127 Å². The molecule has 1 aliphatic heterocycles. The minimum absolute atomic E-state index is 0.0251. The summed E-state index contributed by atoms with van der Waals surface area (Å²) < 4.78 is 5.51. The predicted molar refractivity (Wildman–Crippen MR) is 81.3 cm³/mol. The molecule has 9 heteroatoms. The van der Waals surface area contributed by atoms with Crippen LogP contribution < -0.4 is 21.9 Å². The average molecular weight is 311 g/mol. The van der Waals surface area contributed by atoms with Gasteiger partial charge in [-0.2, -0.15) is 4.98 Å². The van der Waals surface area contributed by atoms with Gasteiger partial charge in [0.25, 0.3) is 5.56 Å². The Morgan fingerprint density at radius 1 is 1.55 bits per heavy atom. The minimum Gasteiger partial charge on any atom is -0.394 e. The van der Waals surface area contributed by atoms with Gasteiger partial charge in [-0.3, -0.25) is 19.9 Å². The van der Waals surface area contributed by atoms with Gasteiger partial charge in [0.1, 0.15) is 11.9 Å². The number of aliphatic hydroxyl groups is 1. The van der Waals surface area contributed by atoms with Crippen molar-refractivity contribution in [2.75, 3.05) is 23.0 Å². The van der Waals surface area contributed by atoms with Crippen LogP contribution >= 0.6 is 0 Å². The van der Waals surface area contributed by atoms with E-state index in [1.165, 1.54) is 0 Å². The van der Waals surface area contributed by atoms with E-state index in [1.54, 1.807) is 13.8 Å². The molecule has 1 aromatic heterocycles. The van der Waals surface area contributed by atoms with Crippen LogP contribution in [0.15, 0.2) is 4.79 Å². The SMILES string of the molecule is CC(C)C(=O)Nc1nc(NC2CCC(CO)O2)c(N)c(=O)[nH]1. The first-order valence-electron chi connectivity index (χ1n) is 7.14. The number of hydrogen-bond donors (Lipinski definition) is 5. The topological polar surface area (TPSA) is 142 Å². The number of aromatic amines is 1. The number of H-pyrrole nitrogens is 1. The summed E-state index contributed by atoms with van der Waals surface area (Å²) in [4.78, 5) is 30.0. The molecule has 122 valence electrons. The van der Waals surface area contributed by atoms with Crippen molar-refractivity contribution in [3.8, 4) is 0 Å². The molecule has 6 N–H and O–H groups in total. The van der Waals surface area contributed by atoms with Crippen molar-refractivity contribution >= 4 is 23.4 Å². The molecule has 2 unspecified atom stereocenters. The summed E-state index contributed by atoms with van der Waals surface area (Å²) in [7, 11) is 0.